The number of likely N-dealkylation sites (tertiary alicyclic amines) is 1. The summed E-state index contributed by atoms with van der Waals surface area (Å²) in [6.07, 6.45) is -18.9. The Balaban J connectivity index is 2.56. The summed E-state index contributed by atoms with van der Waals surface area (Å²) in [4.78, 5) is -1.13. The van der Waals surface area contributed by atoms with Crippen molar-refractivity contribution in [3.63, 3.8) is 0 Å². The van der Waals surface area contributed by atoms with Gasteiger partial charge >= 0.3 is 0 Å². The summed E-state index contributed by atoms with van der Waals surface area (Å²) in [5, 5.41) is 11.8. The van der Waals surface area contributed by atoms with E-state index in [0.717, 1.165) is 0 Å². The van der Waals surface area contributed by atoms with Crippen LogP contribution in [0.5, 0.6) is 11.5 Å². The molecular weight excluding hydrogens is 345 g/mol. The highest BCUT2D eigenvalue weighted by molar-refractivity contribution is 5.47. The Morgan fingerprint density at radius 3 is 2.78 bits per heavy atom. The topological polar surface area (TPSA) is 41.9 Å². The first-order valence-corrected chi connectivity index (χ1v) is 6.90. The van der Waals surface area contributed by atoms with Crippen LogP contribution in [-0.4, -0.2) is 43.6 Å². The predicted octanol–water partition coefficient (Wildman–Crippen LogP) is 3.83. The zero-order chi connectivity index (χ0) is 42.9. The predicted molar refractivity (Wildman–Crippen MR) is 104 cm³/mol. The molecule has 0 amide bonds. The molecule has 0 unspecified atom stereocenters. The van der Waals surface area contributed by atoms with Crippen LogP contribution in [0.1, 0.15) is 67.0 Å². The normalized spacial score (nSPS) is 43.3. The summed E-state index contributed by atoms with van der Waals surface area (Å²) in [6, 6.07) is -11.2. The minimum absolute atomic E-state index is 1.13. The maximum atomic E-state index is 14.3. The molecule has 0 saturated carbocycles. The smallest absolute Gasteiger partial charge is 0.166 e. The second kappa shape index (κ2) is 9.20. The zero-order valence-electron chi connectivity index (χ0n) is 40.1. The van der Waals surface area contributed by atoms with Crippen LogP contribution in [0.4, 0.5) is 4.39 Å². The van der Waals surface area contributed by atoms with Crippen molar-refractivity contribution in [3.8, 4) is 11.5 Å². The molecule has 0 spiro atoms. The number of nitrogens with zero attached hydrogens (tertiary/aromatic N) is 1. The lowest BCUT2D eigenvalue weighted by Crippen LogP contribution is -2.36. The van der Waals surface area contributed by atoms with Gasteiger partial charge in [-0.05, 0) is 61.7 Å². The fourth-order valence-electron chi connectivity index (χ4n) is 1.77. The van der Waals surface area contributed by atoms with Crippen molar-refractivity contribution in [2.75, 3.05) is 33.6 Å². The Bertz CT molecular complexity index is 1800. The van der Waals surface area contributed by atoms with Gasteiger partial charge in [-0.15, -0.1) is 0 Å². The van der Waals surface area contributed by atoms with Gasteiger partial charge in [0.25, 0.3) is 0 Å². The summed E-state index contributed by atoms with van der Waals surface area (Å²) < 4.78 is 246. The molecule has 0 aromatic heterocycles. The average molecular weight is 401 g/mol. The molecule has 1 aliphatic heterocycles. The fourth-order valence-corrected chi connectivity index (χ4v) is 1.77. The molecule has 0 radical (unpaired) electrons. The Hall–Kier alpha value is -2.11. The molecule has 1 saturated heterocycles. The van der Waals surface area contributed by atoms with E-state index in [9.17, 15) is 9.50 Å². The molecule has 5 heteroatoms. The standard InChI is InChI=1S/C22H28FNO3/c1-26-20-5-3-4-19(22(20)27-2)21(25)17-11-14-24(15-12-17)13-10-16-6-8-18(23)9-7-16/h3-9,17,21,25H,10-15H2,1-2H3/t21-/m1/s1/i1D3,2D3,3D,4D,5D,6D,7D,8D,9D,10D2,11D2,12D2,13D2,14D2,15D2,17D,21D. The summed E-state index contributed by atoms with van der Waals surface area (Å²) >= 11 is 0. The number of benzene rings is 2. The number of aliphatic hydroxyl groups is 1. The van der Waals surface area contributed by atoms with Gasteiger partial charge in [-0.3, -0.25) is 0 Å². The molecule has 3 rings (SSSR count). The van der Waals surface area contributed by atoms with Crippen LogP contribution in [0.25, 0.3) is 0 Å². The van der Waals surface area contributed by atoms with Gasteiger partial charge in [-0.25, -0.2) is 4.39 Å². The Labute approximate surface area is 198 Å². The van der Waals surface area contributed by atoms with E-state index in [4.69, 9.17) is 37.0 Å². The molecule has 1 fully saturated rings. The van der Waals surface area contributed by atoms with Gasteiger partial charge < -0.3 is 19.5 Å². The van der Waals surface area contributed by atoms with Gasteiger partial charge in [0.15, 0.2) is 11.5 Å². The second-order valence-corrected chi connectivity index (χ2v) is 4.57. The lowest BCUT2D eigenvalue weighted by atomic mass is 9.87. The van der Waals surface area contributed by atoms with E-state index in [2.05, 4.69) is 9.47 Å². The van der Waals surface area contributed by atoms with Crippen molar-refractivity contribution in [1.82, 2.24) is 4.90 Å². The SMILES string of the molecule is [2H]c1c([2H])c(OC([2H])([2H])[2H])c(OC([2H])([2H])[2H])c([C@]([2H])(O)C2([2H])C([2H])([2H])C([2H])([2H])N(C([2H])([2H])C([2H])([2H])c3c([2H])c([2H])c(F)c([2H])c3[2H])C([2H])([2H])C2([2H])[2H])c1[2H]. The molecule has 1 N–H and O–H groups in total. The molecule has 0 aliphatic carbocycles. The summed E-state index contributed by atoms with van der Waals surface area (Å²) in [5.41, 5.74) is -3.74. The van der Waals surface area contributed by atoms with Crippen LogP contribution in [0, 0.1) is 11.7 Å². The second-order valence-electron chi connectivity index (χ2n) is 4.57. The first-order valence-electron chi connectivity index (χ1n) is 20.4. The van der Waals surface area contributed by atoms with E-state index >= 15 is 0 Å². The molecular formula is C22H28FNO3. The maximum Gasteiger partial charge on any atom is 0.166 e. The summed E-state index contributed by atoms with van der Waals surface area (Å²) in [5.74, 6) is -10.4. The zero-order valence-corrected chi connectivity index (χ0v) is 13.1. The van der Waals surface area contributed by atoms with Crippen LogP contribution in [0.2, 0.25) is 0 Å². The highest BCUT2D eigenvalue weighted by atomic mass is 19.1. The van der Waals surface area contributed by atoms with Crippen molar-refractivity contribution in [2.45, 2.75) is 25.2 Å². The molecule has 2 aromatic rings. The number of hydrogen-bond donors (Lipinski definition) is 1. The number of halogens is 1. The monoisotopic (exact) mass is 400 g/mol. The largest absolute Gasteiger partial charge is 0.493 e. The number of piperidine rings is 1. The van der Waals surface area contributed by atoms with Crippen LogP contribution >= 0.6 is 0 Å². The minimum Gasteiger partial charge on any atom is -0.493 e. The van der Waals surface area contributed by atoms with E-state index in [0.29, 0.717) is 0 Å². The van der Waals surface area contributed by atoms with Gasteiger partial charge in [0, 0.05) is 29.9 Å². The van der Waals surface area contributed by atoms with Crippen molar-refractivity contribution in [3.05, 3.63) is 59.2 Å². The lowest BCUT2D eigenvalue weighted by molar-refractivity contribution is 0.0573. The number of rotatable bonds is 7. The van der Waals surface area contributed by atoms with Gasteiger partial charge in [0.2, 0.25) is 0 Å². The third kappa shape index (κ3) is 4.79. The third-order valence-corrected chi connectivity index (χ3v) is 2.95. The molecule has 1 aliphatic rings. The number of ether oxygens (including phenoxy) is 2. The molecule has 0 bridgehead atoms. The van der Waals surface area contributed by atoms with E-state index in [-0.39, 0.29) is 0 Å². The van der Waals surface area contributed by atoms with Crippen LogP contribution in [-0.2, 0) is 6.37 Å². The van der Waals surface area contributed by atoms with Gasteiger partial charge in [-0.1, -0.05) is 24.2 Å². The van der Waals surface area contributed by atoms with Crippen LogP contribution in [0.15, 0.2) is 42.3 Å². The van der Waals surface area contributed by atoms with E-state index in [1.807, 2.05) is 0 Å². The van der Waals surface area contributed by atoms with Gasteiger partial charge in [0.1, 0.15) is 5.82 Å². The molecule has 2 aromatic carbocycles. The third-order valence-electron chi connectivity index (χ3n) is 2.95. The van der Waals surface area contributed by atoms with Crippen LogP contribution in [0.3, 0.4) is 0 Å². The number of methoxy groups -OCH3 is 2. The fraction of sp³-hybridized carbons (Fsp3) is 0.455. The van der Waals surface area contributed by atoms with E-state index < -0.39 is 140 Å². The maximum absolute atomic E-state index is 14.3. The van der Waals surface area contributed by atoms with E-state index in [1.54, 1.807) is 0 Å². The highest BCUT2D eigenvalue weighted by Crippen LogP contribution is 2.39. The van der Waals surface area contributed by atoms with E-state index in [1.165, 1.54) is 0 Å². The summed E-state index contributed by atoms with van der Waals surface area (Å²) in [6.45, 7) is -14.1. The minimum atomic E-state index is -4.94. The highest BCUT2D eigenvalue weighted by Gasteiger charge is 2.28. The van der Waals surface area contributed by atoms with Crippen molar-refractivity contribution in [1.29, 1.82) is 0 Å². The molecule has 27 heavy (non-hydrogen) atoms. The van der Waals surface area contributed by atoms with Crippen molar-refractivity contribution >= 4 is 0 Å². The van der Waals surface area contributed by atoms with Crippen molar-refractivity contribution < 1.29 is 56.0 Å². The van der Waals surface area contributed by atoms with Crippen LogP contribution < -0.4 is 9.47 Å². The Morgan fingerprint density at radius 2 is 2.07 bits per heavy atom. The van der Waals surface area contributed by atoms with Gasteiger partial charge in [0.05, 0.1) is 39.3 Å². The average Bonchev–Trinajstić information content (AvgIpc) is 2.96. The number of para-hydroxylation sites is 1. The first kappa shape index (κ1) is 4.89. The number of hydrogen-bond acceptors (Lipinski definition) is 4. The molecule has 1 heterocycles. The Kier molecular flexibility index (Phi) is 1.67. The molecule has 146 valence electrons. The van der Waals surface area contributed by atoms with Crippen molar-refractivity contribution in [2.24, 2.45) is 5.89 Å². The summed E-state index contributed by atoms with van der Waals surface area (Å²) in [7, 11) is -7.53. The Morgan fingerprint density at radius 1 is 1.33 bits per heavy atom. The lowest BCUT2D eigenvalue weighted by Gasteiger charge is -2.34. The molecule has 1 atom stereocenters. The quantitative estimate of drug-likeness (QED) is 0.767. The first-order chi connectivity index (χ1) is 23.6. The molecule has 4 nitrogen and oxygen atoms in total. The van der Waals surface area contributed by atoms with Gasteiger partial charge in [-0.2, -0.15) is 0 Å².